The first-order valence-corrected chi connectivity index (χ1v) is 19.2. The van der Waals surface area contributed by atoms with E-state index in [4.69, 9.17) is 0 Å². The Morgan fingerprint density at radius 1 is 0.592 bits per heavy atom. The highest BCUT2D eigenvalue weighted by Crippen LogP contribution is 2.39. The lowest BCUT2D eigenvalue weighted by molar-refractivity contribution is 0.283. The number of unbranched alkanes of at least 4 members (excludes halogenated alkanes) is 5. The zero-order valence-electron chi connectivity index (χ0n) is 33.0. The van der Waals surface area contributed by atoms with Gasteiger partial charge in [-0.05, 0) is 99.4 Å². The Balaban J connectivity index is 1.54. The molecule has 0 saturated carbocycles. The topological polar surface area (TPSA) is 15.3 Å². The lowest BCUT2D eigenvalue weighted by Gasteiger charge is -2.33. The largest absolute Gasteiger partial charge is 0.298 e. The maximum atomic E-state index is 3.76. The number of anilines is 1. The summed E-state index contributed by atoms with van der Waals surface area (Å²) in [7, 11) is 0. The van der Waals surface area contributed by atoms with Crippen molar-refractivity contribution in [3.63, 3.8) is 0 Å². The van der Waals surface area contributed by atoms with Crippen molar-refractivity contribution < 1.29 is 0 Å². The summed E-state index contributed by atoms with van der Waals surface area (Å²) >= 11 is 0. The molecular weight excluding hydrogens is 593 g/mol. The first kappa shape index (κ1) is 38.5. The second-order valence-electron chi connectivity index (χ2n) is 18.6. The number of aryl methyl sites for hydroxylation is 1. The zero-order chi connectivity index (χ0) is 35.9. The fraction of sp³-hybridized carbons (Fsp3) is 0.532. The minimum atomic E-state index is 0.101. The Kier molecular flexibility index (Phi) is 12.7. The molecule has 0 spiro atoms. The molecule has 2 heteroatoms. The Morgan fingerprint density at radius 3 is 1.63 bits per heavy atom. The number of hydrogen-bond donors (Lipinski definition) is 1. The van der Waals surface area contributed by atoms with Crippen LogP contribution in [0.5, 0.6) is 0 Å². The fourth-order valence-electron chi connectivity index (χ4n) is 8.21. The van der Waals surface area contributed by atoms with Crippen LogP contribution in [-0.4, -0.2) is 0 Å². The third kappa shape index (κ3) is 11.7. The van der Waals surface area contributed by atoms with Crippen LogP contribution in [0.1, 0.15) is 161 Å². The van der Waals surface area contributed by atoms with E-state index < -0.39 is 0 Å². The van der Waals surface area contributed by atoms with Crippen LogP contribution < -0.4 is 10.4 Å². The van der Waals surface area contributed by atoms with E-state index in [1.807, 2.05) is 0 Å². The van der Waals surface area contributed by atoms with E-state index in [0.717, 1.165) is 25.0 Å². The molecule has 266 valence electrons. The molecule has 3 aromatic carbocycles. The Morgan fingerprint density at radius 2 is 1.10 bits per heavy atom. The fourth-order valence-corrected chi connectivity index (χ4v) is 8.21. The molecule has 1 aliphatic heterocycles. The molecule has 1 atom stereocenters. The number of allylic oxidation sites excluding steroid dienone is 1. The molecule has 0 aliphatic carbocycles. The van der Waals surface area contributed by atoms with Crippen molar-refractivity contribution in [2.75, 3.05) is 5.01 Å². The highest BCUT2D eigenvalue weighted by molar-refractivity contribution is 5.59. The van der Waals surface area contributed by atoms with E-state index in [1.165, 1.54) is 72.0 Å². The number of rotatable bonds is 15. The van der Waals surface area contributed by atoms with Gasteiger partial charge in [-0.2, -0.15) is 0 Å². The van der Waals surface area contributed by atoms with Gasteiger partial charge in [0.25, 0.3) is 0 Å². The maximum absolute atomic E-state index is 3.76. The van der Waals surface area contributed by atoms with Gasteiger partial charge in [0.2, 0.25) is 0 Å². The minimum Gasteiger partial charge on any atom is -0.298 e. The zero-order valence-corrected chi connectivity index (χ0v) is 33.0. The van der Waals surface area contributed by atoms with Gasteiger partial charge in [-0.15, -0.1) is 0 Å². The van der Waals surface area contributed by atoms with Crippen LogP contribution in [0, 0.1) is 10.8 Å². The molecule has 0 amide bonds. The van der Waals surface area contributed by atoms with E-state index >= 15 is 0 Å². The predicted molar refractivity (Wildman–Crippen MR) is 216 cm³/mol. The molecule has 0 fully saturated rings. The van der Waals surface area contributed by atoms with Gasteiger partial charge in [0.15, 0.2) is 0 Å². The molecular formula is C47H68N2. The van der Waals surface area contributed by atoms with Crippen LogP contribution in [0.25, 0.3) is 6.08 Å². The minimum absolute atomic E-state index is 0.101. The summed E-state index contributed by atoms with van der Waals surface area (Å²) in [6, 6.07) is 27.9. The van der Waals surface area contributed by atoms with Gasteiger partial charge in [-0.3, -0.25) is 10.4 Å². The molecule has 1 aliphatic rings. The van der Waals surface area contributed by atoms with Crippen LogP contribution in [0.2, 0.25) is 0 Å². The molecule has 2 nitrogen and oxygen atoms in total. The average molecular weight is 661 g/mol. The summed E-state index contributed by atoms with van der Waals surface area (Å²) < 4.78 is 0. The lowest BCUT2D eigenvalue weighted by Crippen LogP contribution is -2.34. The number of nitrogens with one attached hydrogen (secondary N) is 1. The Labute approximate surface area is 301 Å². The normalized spacial score (nSPS) is 15.9. The van der Waals surface area contributed by atoms with E-state index in [-0.39, 0.29) is 22.3 Å². The van der Waals surface area contributed by atoms with E-state index in [1.54, 1.807) is 0 Å². The standard InChI is InChI=1S/C47H68N2/c1-12-13-14-15-16-17-18-36-22-31-42(32-23-36)49-43(38-24-28-40(29-25-38)47(10,11)35-45(5,6)7)33-41(48-49)30-21-37-19-26-39(27-20-37)46(8,9)34-44(2,3)4/h19-33,43,48H,12-18,34-35H2,1-11H3. The van der Waals surface area contributed by atoms with Crippen molar-refractivity contribution >= 4 is 11.8 Å². The molecule has 0 saturated heterocycles. The maximum Gasteiger partial charge on any atom is 0.0958 e. The van der Waals surface area contributed by atoms with Crippen LogP contribution in [0.4, 0.5) is 5.69 Å². The van der Waals surface area contributed by atoms with Crippen LogP contribution >= 0.6 is 0 Å². The van der Waals surface area contributed by atoms with Crippen LogP contribution in [0.3, 0.4) is 0 Å². The Bertz CT molecular complexity index is 1500. The van der Waals surface area contributed by atoms with Gasteiger partial charge >= 0.3 is 0 Å². The highest BCUT2D eigenvalue weighted by Gasteiger charge is 2.30. The lowest BCUT2D eigenvalue weighted by atomic mass is 9.72. The van der Waals surface area contributed by atoms with Gasteiger partial charge in [0.1, 0.15) is 0 Å². The third-order valence-electron chi connectivity index (χ3n) is 10.0. The summed E-state index contributed by atoms with van der Waals surface area (Å²) in [6.07, 6.45) is 18.3. The van der Waals surface area contributed by atoms with Crippen molar-refractivity contribution in [2.24, 2.45) is 10.8 Å². The number of hydrazine groups is 1. The summed E-state index contributed by atoms with van der Waals surface area (Å²) in [4.78, 5) is 0. The molecule has 1 N–H and O–H groups in total. The third-order valence-corrected chi connectivity index (χ3v) is 10.0. The number of hydrogen-bond acceptors (Lipinski definition) is 2. The molecule has 1 heterocycles. The summed E-state index contributed by atoms with van der Waals surface area (Å²) in [5, 5.41) is 2.33. The monoisotopic (exact) mass is 661 g/mol. The molecule has 0 radical (unpaired) electrons. The van der Waals surface area contributed by atoms with Gasteiger partial charge in [-0.1, -0.05) is 175 Å². The van der Waals surface area contributed by atoms with Crippen molar-refractivity contribution in [3.05, 3.63) is 118 Å². The van der Waals surface area contributed by atoms with Crippen molar-refractivity contribution in [3.8, 4) is 0 Å². The van der Waals surface area contributed by atoms with E-state index in [9.17, 15) is 0 Å². The van der Waals surface area contributed by atoms with Crippen molar-refractivity contribution in [1.29, 1.82) is 0 Å². The van der Waals surface area contributed by atoms with E-state index in [2.05, 4.69) is 178 Å². The quantitative estimate of drug-likeness (QED) is 0.163. The van der Waals surface area contributed by atoms with Crippen LogP contribution in [0.15, 0.2) is 90.6 Å². The second kappa shape index (κ2) is 16.2. The Hall–Kier alpha value is -3.26. The molecule has 49 heavy (non-hydrogen) atoms. The van der Waals surface area contributed by atoms with Crippen LogP contribution in [-0.2, 0) is 17.3 Å². The van der Waals surface area contributed by atoms with Gasteiger partial charge < -0.3 is 0 Å². The molecule has 3 aromatic rings. The predicted octanol–water partition coefficient (Wildman–Crippen LogP) is 13.7. The number of nitrogens with zero attached hydrogens (tertiary/aromatic N) is 1. The van der Waals surface area contributed by atoms with Crippen molar-refractivity contribution in [1.82, 2.24) is 5.43 Å². The highest BCUT2D eigenvalue weighted by atomic mass is 15.5. The summed E-state index contributed by atoms with van der Waals surface area (Å²) in [5.74, 6) is 0. The average Bonchev–Trinajstić information content (AvgIpc) is 3.44. The van der Waals surface area contributed by atoms with Gasteiger partial charge in [0.05, 0.1) is 17.4 Å². The SMILES string of the molecule is CCCCCCCCc1ccc(N2NC(C=Cc3ccc(C(C)(C)CC(C)(C)C)cc3)=CC2c2ccc(C(C)(C)CC(C)(C)C)cc2)cc1. The molecule has 0 aromatic heterocycles. The van der Waals surface area contributed by atoms with E-state index in [0.29, 0.717) is 5.41 Å². The smallest absolute Gasteiger partial charge is 0.0958 e. The first-order chi connectivity index (χ1) is 23.0. The molecule has 0 bridgehead atoms. The summed E-state index contributed by atoms with van der Waals surface area (Å²) in [6.45, 7) is 25.8. The molecule has 4 rings (SSSR count). The second-order valence-corrected chi connectivity index (χ2v) is 18.6. The van der Waals surface area contributed by atoms with Crippen molar-refractivity contribution in [2.45, 2.75) is 151 Å². The summed E-state index contributed by atoms with van der Waals surface area (Å²) in [5.41, 5.74) is 13.7. The van der Waals surface area contributed by atoms with Gasteiger partial charge in [-0.25, -0.2) is 0 Å². The molecule has 1 unspecified atom stereocenters. The first-order valence-electron chi connectivity index (χ1n) is 19.2. The number of benzene rings is 3. The van der Waals surface area contributed by atoms with Gasteiger partial charge in [0, 0.05) is 0 Å².